The molecule has 148 valence electrons. The molecule has 1 fully saturated rings. The number of esters is 1. The molecule has 9 heteroatoms. The van der Waals surface area contributed by atoms with Gasteiger partial charge in [-0.25, -0.2) is 0 Å². The predicted molar refractivity (Wildman–Crippen MR) is 91.4 cm³/mol. The van der Waals surface area contributed by atoms with E-state index >= 15 is 0 Å². The molecule has 1 saturated carbocycles. The monoisotopic (exact) mass is 428 g/mol. The second-order valence-corrected chi connectivity index (χ2v) is 5.07. The Morgan fingerprint density at radius 2 is 1.35 bits per heavy atom. The Bertz CT molecular complexity index is 300. The van der Waals surface area contributed by atoms with Gasteiger partial charge < -0.3 is 18.3 Å². The van der Waals surface area contributed by atoms with Crippen LogP contribution in [0.4, 0.5) is 0 Å². The van der Waals surface area contributed by atoms with Gasteiger partial charge in [-0.05, 0) is 58.8 Å². The summed E-state index contributed by atoms with van der Waals surface area (Å²) in [6.45, 7) is 16.7. The van der Waals surface area contributed by atoms with Gasteiger partial charge in [0.15, 0.2) is 0 Å². The molecule has 0 amide bonds. The molecule has 1 rings (SSSR count). The van der Waals surface area contributed by atoms with E-state index in [0.717, 1.165) is 6.42 Å². The maximum atomic E-state index is 10.7. The van der Waals surface area contributed by atoms with Crippen molar-refractivity contribution in [2.75, 3.05) is 26.9 Å². The predicted octanol–water partition coefficient (Wildman–Crippen LogP) is 3.59. The number of hydrogen-bond donors (Lipinski definition) is 0. The summed E-state index contributed by atoms with van der Waals surface area (Å²) in [6.07, 6.45) is 9.19. The third-order valence-electron chi connectivity index (χ3n) is 2.28. The Hall–Kier alpha value is -0.221. The number of rotatable bonds is 9. The van der Waals surface area contributed by atoms with Crippen molar-refractivity contribution < 1.29 is 49.5 Å². The molecule has 0 N–H and O–H groups in total. The SMILES string of the molecule is CCOP(OCC)OCC.COC(=O)CC[C]1[CH][CH][CH][CH]1.[C-]#[O+].[C-]#[O+].[Mn]. The van der Waals surface area contributed by atoms with Crippen molar-refractivity contribution in [2.24, 2.45) is 0 Å². The van der Waals surface area contributed by atoms with Crippen molar-refractivity contribution in [2.45, 2.75) is 33.6 Å². The zero-order chi connectivity index (χ0) is 19.9. The van der Waals surface area contributed by atoms with Crippen molar-refractivity contribution in [1.82, 2.24) is 0 Å². The fourth-order valence-corrected chi connectivity index (χ4v) is 2.21. The Kier molecular flexibility index (Phi) is 37.9. The minimum absolute atomic E-state index is 0. The summed E-state index contributed by atoms with van der Waals surface area (Å²) in [6, 6.07) is 0. The summed E-state index contributed by atoms with van der Waals surface area (Å²) in [4.78, 5) is 10.7. The van der Waals surface area contributed by atoms with Crippen molar-refractivity contribution >= 4 is 14.6 Å². The molecule has 7 nitrogen and oxygen atoms in total. The maximum Gasteiger partial charge on any atom is 0 e. The molecule has 6 radical (unpaired) electrons. The van der Waals surface area contributed by atoms with Crippen LogP contribution in [0.25, 0.3) is 0 Å². The topological polar surface area (TPSA) is 93.8 Å². The Morgan fingerprint density at radius 1 is 0.962 bits per heavy atom. The minimum Gasteiger partial charge on any atom is 0 e. The van der Waals surface area contributed by atoms with Crippen LogP contribution in [-0.2, 0) is 49.5 Å². The van der Waals surface area contributed by atoms with Gasteiger partial charge in [-0.1, -0.05) is 0 Å². The van der Waals surface area contributed by atoms with E-state index in [2.05, 4.69) is 18.0 Å². The van der Waals surface area contributed by atoms with Gasteiger partial charge >= 0.3 is 37.2 Å². The van der Waals surface area contributed by atoms with Gasteiger partial charge in [0.1, 0.15) is 0 Å². The number of ether oxygens (including phenoxy) is 1. The second-order valence-electron chi connectivity index (χ2n) is 3.85. The molecule has 0 unspecified atom stereocenters. The van der Waals surface area contributed by atoms with Crippen LogP contribution in [0.3, 0.4) is 0 Å². The molecule has 0 aliphatic heterocycles. The van der Waals surface area contributed by atoms with Gasteiger partial charge in [0.2, 0.25) is 0 Å². The quantitative estimate of drug-likeness (QED) is 0.184. The van der Waals surface area contributed by atoms with E-state index < -0.39 is 8.60 Å². The van der Waals surface area contributed by atoms with E-state index in [9.17, 15) is 4.79 Å². The first kappa shape index (κ1) is 33.4. The Morgan fingerprint density at radius 3 is 1.65 bits per heavy atom. The zero-order valence-corrected chi connectivity index (χ0v) is 17.6. The molecule has 0 atom stereocenters. The van der Waals surface area contributed by atoms with Crippen molar-refractivity contribution in [3.8, 4) is 0 Å². The summed E-state index contributed by atoms with van der Waals surface area (Å²) in [5.74, 6) is 1.04. The standard InChI is InChI=1S/C9H11O2.C6H15O3P.2CO.Mn/c1-11-9(10)7-6-8-4-2-3-5-8;1-4-7-10(8-5-2)9-6-3;2*1-2;/h2-5H,6-7H2,1H3;4-6H2,1-3H3;;;. The molecule has 1 aliphatic rings. The molecule has 0 spiro atoms. The fourth-order valence-electron chi connectivity index (χ4n) is 1.36. The van der Waals surface area contributed by atoms with Gasteiger partial charge in [-0.3, -0.25) is 4.79 Å². The van der Waals surface area contributed by atoms with Gasteiger partial charge in [0.05, 0.1) is 26.9 Å². The van der Waals surface area contributed by atoms with E-state index in [4.69, 9.17) is 22.9 Å². The largest absolute Gasteiger partial charge is 0 e. The van der Waals surface area contributed by atoms with Crippen LogP contribution in [0, 0.1) is 44.9 Å². The average Bonchev–Trinajstić information content (AvgIpc) is 3.18. The zero-order valence-electron chi connectivity index (χ0n) is 15.5. The van der Waals surface area contributed by atoms with Crippen LogP contribution in [0.2, 0.25) is 0 Å². The van der Waals surface area contributed by atoms with Gasteiger partial charge in [0.25, 0.3) is 0 Å². The smallest absolute Gasteiger partial charge is 0 e. The first-order valence-corrected chi connectivity index (χ1v) is 8.64. The molecule has 0 aromatic carbocycles. The van der Waals surface area contributed by atoms with Gasteiger partial charge in [-0.15, -0.1) is 0 Å². The molecule has 0 saturated heterocycles. The van der Waals surface area contributed by atoms with Crippen LogP contribution in [0.5, 0.6) is 0 Å². The molecule has 0 bridgehead atoms. The van der Waals surface area contributed by atoms with Crippen LogP contribution in [-0.4, -0.2) is 32.9 Å². The van der Waals surface area contributed by atoms with Gasteiger partial charge in [-0.2, -0.15) is 0 Å². The molecular weight excluding hydrogens is 402 g/mol. The summed E-state index contributed by atoms with van der Waals surface area (Å²) in [7, 11) is 0.349. The first-order chi connectivity index (χ1) is 12.2. The molecule has 0 aromatic rings. The van der Waals surface area contributed by atoms with E-state index in [1.165, 1.54) is 13.0 Å². The van der Waals surface area contributed by atoms with Crippen LogP contribution < -0.4 is 0 Å². The minimum atomic E-state index is -1.06. The van der Waals surface area contributed by atoms with Crippen molar-refractivity contribution in [3.63, 3.8) is 0 Å². The number of methoxy groups -OCH3 is 1. The Labute approximate surface area is 169 Å². The molecule has 26 heavy (non-hydrogen) atoms. The van der Waals surface area contributed by atoms with Crippen LogP contribution in [0.15, 0.2) is 0 Å². The van der Waals surface area contributed by atoms with E-state index in [0.29, 0.717) is 26.2 Å². The molecule has 1 aliphatic carbocycles. The summed E-state index contributed by atoms with van der Waals surface area (Å²) >= 11 is 0. The van der Waals surface area contributed by atoms with Crippen molar-refractivity contribution in [3.05, 3.63) is 44.9 Å². The van der Waals surface area contributed by atoms with Gasteiger partial charge in [0, 0.05) is 23.5 Å². The van der Waals surface area contributed by atoms with Crippen LogP contribution >= 0.6 is 8.60 Å². The number of carbonyl (C=O) groups excluding carboxylic acids is 1. The molecule has 0 heterocycles. The Balaban J connectivity index is -0.000000152. The third-order valence-corrected chi connectivity index (χ3v) is 3.69. The van der Waals surface area contributed by atoms with E-state index in [-0.39, 0.29) is 23.0 Å². The third kappa shape index (κ3) is 23.8. The average molecular weight is 428 g/mol. The molecular formula is C17H26MnO7P. The first-order valence-electron chi connectivity index (χ1n) is 7.54. The van der Waals surface area contributed by atoms with E-state index in [1.807, 2.05) is 46.5 Å². The second kappa shape index (κ2) is 29.5. The summed E-state index contributed by atoms with van der Waals surface area (Å²) in [5.41, 5.74) is 0. The number of carbonyl (C=O) groups is 1. The summed E-state index contributed by atoms with van der Waals surface area (Å²) in [5, 5.41) is 0. The maximum absolute atomic E-state index is 10.7. The summed E-state index contributed by atoms with van der Waals surface area (Å²) < 4.78 is 34.9. The number of hydrogen-bond acceptors (Lipinski definition) is 5. The van der Waals surface area contributed by atoms with Crippen LogP contribution in [0.1, 0.15) is 33.6 Å². The normalized spacial score (nSPS) is 12.2. The van der Waals surface area contributed by atoms with Crippen molar-refractivity contribution in [1.29, 1.82) is 0 Å². The molecule has 0 aromatic heterocycles. The van der Waals surface area contributed by atoms with E-state index in [1.54, 1.807) is 0 Å². The fraction of sp³-hybridized carbons (Fsp3) is 0.529.